The molecule has 0 aliphatic carbocycles. The Kier molecular flexibility index (Phi) is 8.94. The van der Waals surface area contributed by atoms with E-state index in [1.54, 1.807) is 4.57 Å². The number of nitrogens with one attached hydrogen (secondary N) is 1. The number of aromatic hydroxyl groups is 2. The van der Waals surface area contributed by atoms with Gasteiger partial charge in [0.15, 0.2) is 35.3 Å². The summed E-state index contributed by atoms with van der Waals surface area (Å²) in [6, 6.07) is 5.14. The lowest BCUT2D eigenvalue weighted by Gasteiger charge is -2.44. The number of nitrogens with zero attached hydrogens (tertiary/aromatic N) is 6. The monoisotopic (exact) mass is 885 g/mol. The molecule has 6 aliphatic rings. The second-order valence-electron chi connectivity index (χ2n) is 16.5. The quantitative estimate of drug-likeness (QED) is 0.215. The van der Waals surface area contributed by atoms with Crippen molar-refractivity contribution in [3.63, 3.8) is 0 Å². The Hall–Kier alpha value is -6.44. The van der Waals surface area contributed by atoms with Crippen molar-refractivity contribution in [1.29, 1.82) is 0 Å². The van der Waals surface area contributed by atoms with Crippen molar-refractivity contribution in [3.05, 3.63) is 131 Å². The summed E-state index contributed by atoms with van der Waals surface area (Å²) in [4.78, 5) is 71.1. The first-order valence-corrected chi connectivity index (χ1v) is 20.8. The topological polar surface area (TPSA) is 190 Å². The molecule has 324 valence electrons. The number of carbonyl (C=O) groups is 3. The van der Waals surface area contributed by atoms with Gasteiger partial charge in [0.2, 0.25) is 10.9 Å². The van der Waals surface area contributed by atoms with Crippen molar-refractivity contribution in [3.8, 4) is 22.6 Å². The molecule has 2 aromatic carbocycles. The first-order chi connectivity index (χ1) is 30.3. The number of pyridine rings is 2. The molecule has 11 rings (SSSR count). The number of rotatable bonds is 7. The summed E-state index contributed by atoms with van der Waals surface area (Å²) >= 11 is 6.63. The molecule has 3 unspecified atom stereocenters. The van der Waals surface area contributed by atoms with E-state index >= 15 is 4.39 Å². The zero-order valence-electron chi connectivity index (χ0n) is 32.9. The van der Waals surface area contributed by atoms with E-state index in [2.05, 4.69) is 10.4 Å². The Morgan fingerprint density at radius 3 is 2.37 bits per heavy atom. The molecule has 3 amide bonds. The van der Waals surface area contributed by atoms with Crippen molar-refractivity contribution in [2.75, 3.05) is 19.7 Å². The van der Waals surface area contributed by atoms with Crippen LogP contribution in [0.4, 0.5) is 13.2 Å². The van der Waals surface area contributed by atoms with Crippen LogP contribution in [-0.2, 0) is 35.4 Å². The number of ether oxygens (including phenoxy) is 2. The lowest BCUT2D eigenvalue weighted by molar-refractivity contribution is -0.109. The van der Waals surface area contributed by atoms with Crippen LogP contribution in [0.15, 0.2) is 52.3 Å². The fourth-order valence-corrected chi connectivity index (χ4v) is 10.6. The number of amides is 3. The Morgan fingerprint density at radius 2 is 1.59 bits per heavy atom. The molecule has 2 saturated heterocycles. The molecule has 0 spiro atoms. The van der Waals surface area contributed by atoms with E-state index in [0.29, 0.717) is 50.1 Å². The summed E-state index contributed by atoms with van der Waals surface area (Å²) < 4.78 is 60.8. The van der Waals surface area contributed by atoms with Crippen molar-refractivity contribution in [2.45, 2.75) is 75.8 Å². The fraction of sp³-hybridized carbons (Fsp3) is 0.349. The van der Waals surface area contributed by atoms with Gasteiger partial charge in [-0.3, -0.25) is 28.7 Å². The third-order valence-electron chi connectivity index (χ3n) is 13.2. The van der Waals surface area contributed by atoms with E-state index in [1.165, 1.54) is 49.6 Å². The maximum atomic E-state index is 16.1. The maximum absolute atomic E-state index is 16.1. The number of hydrogen-bond acceptors (Lipinski definition) is 10. The Bertz CT molecular complexity index is 3010. The van der Waals surface area contributed by atoms with Crippen LogP contribution in [0.25, 0.3) is 11.1 Å². The van der Waals surface area contributed by atoms with Crippen LogP contribution < -0.4 is 16.2 Å². The predicted octanol–water partition coefficient (Wildman–Crippen LogP) is 4.06. The molecule has 3 N–H and O–H groups in total. The van der Waals surface area contributed by atoms with Gasteiger partial charge in [-0.15, -0.1) is 0 Å². The van der Waals surface area contributed by atoms with E-state index in [4.69, 9.17) is 21.1 Å². The van der Waals surface area contributed by atoms with Crippen LogP contribution in [0.5, 0.6) is 11.5 Å². The van der Waals surface area contributed by atoms with Gasteiger partial charge in [-0.1, -0.05) is 29.8 Å². The van der Waals surface area contributed by atoms with Gasteiger partial charge >= 0.3 is 0 Å². The molecular formula is C43H35ClF3N7O9. The molecule has 6 aliphatic heterocycles. The number of carbonyl (C=O) groups excluding carboxylic acids is 3. The molecule has 0 bridgehead atoms. The third kappa shape index (κ3) is 5.75. The Morgan fingerprint density at radius 1 is 0.889 bits per heavy atom. The number of benzene rings is 2. The zero-order valence-corrected chi connectivity index (χ0v) is 33.7. The molecule has 0 radical (unpaired) electrons. The van der Waals surface area contributed by atoms with Gasteiger partial charge in [0.05, 0.1) is 48.6 Å². The molecular weight excluding hydrogens is 851 g/mol. The highest BCUT2D eigenvalue weighted by Crippen LogP contribution is 2.48. The number of halogens is 4. The van der Waals surface area contributed by atoms with Gasteiger partial charge in [0.1, 0.15) is 29.1 Å². The third-order valence-corrected chi connectivity index (χ3v) is 13.5. The minimum absolute atomic E-state index is 0.0307. The van der Waals surface area contributed by atoms with E-state index in [-0.39, 0.29) is 69.4 Å². The van der Waals surface area contributed by atoms with E-state index in [9.17, 15) is 43.0 Å². The predicted molar refractivity (Wildman–Crippen MR) is 213 cm³/mol. The average molecular weight is 886 g/mol. The standard InChI is InChI=1S/C43H35ClF3N7O9/c44-31-22(5-3-18(32(31)47)13-48-39(59)30-25-7-8-26-42-51(10-1-11-62-42)40(60)33(54(25)26)38(58)36(30)56)28-17-52-41(61)34-37(57)35(55)29(24-6-9-27(53(24)34)43(52)63-28)20-14-49-50(16-20)15-19-2-4-21(45)12-23(19)46/h2-5,12,14,16,26-28,42-43,57-58H,1,6-11,13,15,17H2,(H,48,59)/t26-,27?,28?,42+,43?/m1/s1. The van der Waals surface area contributed by atoms with Gasteiger partial charge < -0.3 is 43.9 Å². The van der Waals surface area contributed by atoms with Gasteiger partial charge in [0, 0.05) is 59.0 Å². The first-order valence-electron chi connectivity index (χ1n) is 20.4. The fourth-order valence-electron chi connectivity index (χ4n) is 10.3. The molecule has 63 heavy (non-hydrogen) atoms. The molecule has 16 nitrogen and oxygen atoms in total. The van der Waals surface area contributed by atoms with Crippen LogP contribution in [0.2, 0.25) is 5.02 Å². The number of fused-ring (bicyclic) bond motifs is 4. The zero-order chi connectivity index (χ0) is 43.7. The molecule has 3 aromatic heterocycles. The number of aromatic nitrogens is 4. The molecule has 5 atom stereocenters. The largest absolute Gasteiger partial charge is 0.503 e. The summed E-state index contributed by atoms with van der Waals surface area (Å²) in [5.41, 5.74) is -0.967. The second kappa shape index (κ2) is 14.3. The lowest BCUT2D eigenvalue weighted by Crippen LogP contribution is -2.55. The highest BCUT2D eigenvalue weighted by atomic mass is 35.5. The van der Waals surface area contributed by atoms with Crippen LogP contribution in [0.3, 0.4) is 0 Å². The highest BCUT2D eigenvalue weighted by Gasteiger charge is 2.52. The molecule has 0 saturated carbocycles. The summed E-state index contributed by atoms with van der Waals surface area (Å²) in [6.45, 7) is 0.308. The lowest BCUT2D eigenvalue weighted by atomic mass is 10.0. The summed E-state index contributed by atoms with van der Waals surface area (Å²) in [5.74, 6) is -6.06. The summed E-state index contributed by atoms with van der Waals surface area (Å²) in [5, 5.41) is 28.7. The van der Waals surface area contributed by atoms with Crippen LogP contribution in [0.1, 0.15) is 96.9 Å². The Labute approximate surface area is 358 Å². The van der Waals surface area contributed by atoms with Gasteiger partial charge in [0.25, 0.3) is 17.7 Å². The molecule has 20 heteroatoms. The number of hydrogen-bond donors (Lipinski definition) is 3. The first kappa shape index (κ1) is 39.4. The van der Waals surface area contributed by atoms with Gasteiger partial charge in [-0.05, 0) is 38.2 Å². The summed E-state index contributed by atoms with van der Waals surface area (Å²) in [6.07, 6.45) is 2.59. The minimum atomic E-state index is -1.00. The maximum Gasteiger partial charge on any atom is 0.276 e. The van der Waals surface area contributed by atoms with Crippen LogP contribution >= 0.6 is 11.6 Å². The van der Waals surface area contributed by atoms with Crippen molar-refractivity contribution in [2.24, 2.45) is 0 Å². The molecule has 9 heterocycles. The van der Waals surface area contributed by atoms with Crippen molar-refractivity contribution >= 4 is 29.3 Å². The normalized spacial score (nSPS) is 22.9. The highest BCUT2D eigenvalue weighted by molar-refractivity contribution is 6.31. The van der Waals surface area contributed by atoms with Crippen molar-refractivity contribution in [1.82, 2.24) is 34.0 Å². The van der Waals surface area contributed by atoms with Gasteiger partial charge in [-0.25, -0.2) is 13.2 Å². The van der Waals surface area contributed by atoms with Crippen LogP contribution in [-0.4, -0.2) is 88.8 Å². The van der Waals surface area contributed by atoms with Crippen molar-refractivity contribution < 1.29 is 47.2 Å². The van der Waals surface area contributed by atoms with Gasteiger partial charge in [-0.2, -0.15) is 5.10 Å². The Balaban J connectivity index is 0.831. The average Bonchev–Trinajstić information content (AvgIpc) is 4.10. The molecule has 5 aromatic rings. The van der Waals surface area contributed by atoms with Crippen LogP contribution in [0, 0.1) is 17.5 Å². The molecule has 2 fully saturated rings. The summed E-state index contributed by atoms with van der Waals surface area (Å²) in [7, 11) is 0. The smallest absolute Gasteiger partial charge is 0.276 e. The SMILES string of the molecule is O=C(NCc1ccc(C2CN3C(=O)c4c(O)c(=O)c(-c5cnn(Cc6ccc(F)cc6F)c5)c5n4C(CC5)C3O2)c(Cl)c1F)c1c2n3c(c(O)c1=O)C(=O)N1CCCO[C@H]1[C@H]3CC2. The second-order valence-corrected chi connectivity index (χ2v) is 16.9. The van der Waals surface area contributed by atoms with E-state index in [1.807, 2.05) is 0 Å². The van der Waals surface area contributed by atoms with E-state index < -0.39 is 94.7 Å². The minimum Gasteiger partial charge on any atom is -0.503 e. The van der Waals surface area contributed by atoms with E-state index in [0.717, 1.165) is 12.1 Å².